The van der Waals surface area contributed by atoms with Crippen LogP contribution in [0.4, 0.5) is 0 Å². The summed E-state index contributed by atoms with van der Waals surface area (Å²) in [4.78, 5) is 2.26. The van der Waals surface area contributed by atoms with Gasteiger partial charge in [0.05, 0.1) is 0 Å². The zero-order valence-corrected chi connectivity index (χ0v) is 19.1. The van der Waals surface area contributed by atoms with Crippen LogP contribution in [-0.4, -0.2) is 39.9 Å². The third kappa shape index (κ3) is 8.54. The fraction of sp³-hybridized carbons (Fsp3) is 0.217. The van der Waals surface area contributed by atoms with Crippen LogP contribution in [-0.2, 0) is 17.1 Å². The van der Waals surface area contributed by atoms with Gasteiger partial charge in [-0.1, -0.05) is 0 Å². The number of hydrogen-bond donors (Lipinski definition) is 0. The molecule has 0 radical (unpaired) electrons. The van der Waals surface area contributed by atoms with Crippen molar-refractivity contribution < 1.29 is 17.1 Å². The smallest absolute Gasteiger partial charge is 0.214 e. The van der Waals surface area contributed by atoms with E-state index in [1.165, 1.54) is 15.6 Å². The van der Waals surface area contributed by atoms with E-state index in [1.807, 2.05) is 30.3 Å². The quantitative estimate of drug-likeness (QED) is 0.344. The van der Waals surface area contributed by atoms with Gasteiger partial charge in [-0.25, -0.2) is 12.1 Å². The minimum Gasteiger partial charge on any atom is -0.214 e. The molecule has 3 rings (SSSR count). The average Bonchev–Trinajstić information content (AvgIpc) is 3.33. The number of rotatable bonds is 6. The Labute approximate surface area is 179 Å². The summed E-state index contributed by atoms with van der Waals surface area (Å²) >= 11 is -0.0862. The minimum atomic E-state index is -0.0862. The largest absolute Gasteiger partial charge is 2.00 e. The number of hydrogen-bond acceptors (Lipinski definition) is 1. The second-order valence-corrected chi connectivity index (χ2v) is 9.23. The van der Waals surface area contributed by atoms with Gasteiger partial charge in [0, 0.05) is 0 Å². The van der Waals surface area contributed by atoms with E-state index in [-0.39, 0.29) is 38.0 Å². The van der Waals surface area contributed by atoms with Crippen molar-refractivity contribution in [2.75, 3.05) is 14.1 Å². The minimum absolute atomic E-state index is 0. The molecule has 0 N–H and O–H groups in total. The predicted molar refractivity (Wildman–Crippen MR) is 112 cm³/mol. The molecular weight excluding hydrogens is 474 g/mol. The first-order chi connectivity index (χ1) is 12.2. The first-order valence-corrected chi connectivity index (χ1v) is 11.4. The van der Waals surface area contributed by atoms with Crippen molar-refractivity contribution in [1.29, 1.82) is 0 Å². The molecule has 0 aromatic heterocycles. The van der Waals surface area contributed by atoms with Crippen molar-refractivity contribution >= 4 is 30.6 Å². The van der Waals surface area contributed by atoms with Crippen LogP contribution in [0, 0.1) is 0 Å². The van der Waals surface area contributed by atoms with Crippen LogP contribution in [0.2, 0.25) is 4.47 Å². The molecule has 0 aliphatic heterocycles. The van der Waals surface area contributed by atoms with E-state index < -0.39 is 0 Å². The molecule has 0 spiro atoms. The van der Waals surface area contributed by atoms with Gasteiger partial charge >= 0.3 is 150 Å². The van der Waals surface area contributed by atoms with E-state index >= 15 is 0 Å². The summed E-state index contributed by atoms with van der Waals surface area (Å²) in [6.07, 6.45) is 4.55. The van der Waals surface area contributed by atoms with E-state index in [9.17, 15) is 0 Å². The zero-order chi connectivity index (χ0) is 17.9. The van der Waals surface area contributed by atoms with Gasteiger partial charge in [0.25, 0.3) is 0 Å². The van der Waals surface area contributed by atoms with E-state index in [0.717, 1.165) is 0 Å². The number of benzene rings is 1. The van der Waals surface area contributed by atoms with Crippen LogP contribution in [0.15, 0.2) is 84.9 Å². The van der Waals surface area contributed by atoms with E-state index in [0.29, 0.717) is 6.04 Å². The maximum absolute atomic E-state index is 2.39. The third-order valence-corrected chi connectivity index (χ3v) is 6.72. The topological polar surface area (TPSA) is 3.24 Å². The van der Waals surface area contributed by atoms with Crippen molar-refractivity contribution in [3.8, 4) is 0 Å². The summed E-state index contributed by atoms with van der Waals surface area (Å²) in [5.74, 6) is 0. The Bertz CT molecular complexity index is 697. The van der Waals surface area contributed by atoms with Crippen molar-refractivity contribution in [1.82, 2.24) is 4.90 Å². The number of allylic oxidation sites excluding steroid dienone is 1. The molecule has 26 heavy (non-hydrogen) atoms. The normalized spacial score (nSPS) is 11.7. The number of nitrogens with zero attached hydrogens (tertiary/aromatic N) is 1. The Morgan fingerprint density at radius 2 is 1.77 bits per heavy atom. The first kappa shape index (κ1) is 23.0. The van der Waals surface area contributed by atoms with Gasteiger partial charge in [-0.15, -0.1) is 0 Å². The second-order valence-electron chi connectivity index (χ2n) is 6.11. The molecule has 0 aliphatic rings. The summed E-state index contributed by atoms with van der Waals surface area (Å²) < 4.78 is 2.79. The summed E-state index contributed by atoms with van der Waals surface area (Å²) in [6, 6.07) is 28.0. The predicted octanol–water partition coefficient (Wildman–Crippen LogP) is 4.89. The van der Waals surface area contributed by atoms with Crippen LogP contribution in [0.1, 0.15) is 24.1 Å². The van der Waals surface area contributed by atoms with Crippen molar-refractivity contribution in [3.63, 3.8) is 0 Å². The fourth-order valence-electron chi connectivity index (χ4n) is 2.30. The van der Waals surface area contributed by atoms with Crippen molar-refractivity contribution in [2.45, 2.75) is 17.4 Å². The summed E-state index contributed by atoms with van der Waals surface area (Å²) in [5.41, 5.74) is 2.74. The Kier molecular flexibility index (Phi) is 11.6. The monoisotopic (exact) mass is 503 g/mol. The van der Waals surface area contributed by atoms with Gasteiger partial charge in [-0.3, -0.25) is 0 Å². The molecular formula is C23H27FeNTe. The third-order valence-electron chi connectivity index (χ3n) is 4.02. The van der Waals surface area contributed by atoms with Crippen molar-refractivity contribution in [2.24, 2.45) is 0 Å². The molecule has 1 unspecified atom stereocenters. The first-order valence-electron chi connectivity index (χ1n) is 8.61. The Morgan fingerprint density at radius 1 is 1.08 bits per heavy atom. The van der Waals surface area contributed by atoms with Gasteiger partial charge < -0.3 is 0 Å². The maximum Gasteiger partial charge on any atom is 2.00 e. The fourth-order valence-corrected chi connectivity index (χ4v) is 4.49. The molecule has 0 saturated carbocycles. The zero-order valence-electron chi connectivity index (χ0n) is 15.7. The van der Waals surface area contributed by atoms with Crippen LogP contribution in [0.5, 0.6) is 0 Å². The van der Waals surface area contributed by atoms with Gasteiger partial charge in [0.2, 0.25) is 0 Å². The van der Waals surface area contributed by atoms with Crippen LogP contribution in [0.25, 0.3) is 6.08 Å². The van der Waals surface area contributed by atoms with Gasteiger partial charge in [0.15, 0.2) is 0 Å². The SMILES string of the molecule is CC(c1cc([Te]C/C=C/c2ccccc2)c[cH-]1)N(C)C.[Fe+2].c1cc[cH-]c1. The molecule has 0 heterocycles. The Morgan fingerprint density at radius 3 is 2.35 bits per heavy atom. The molecule has 1 nitrogen and oxygen atoms in total. The Hall–Kier alpha value is -1.07. The van der Waals surface area contributed by atoms with E-state index in [1.54, 1.807) is 3.61 Å². The molecule has 0 aliphatic carbocycles. The Balaban J connectivity index is 0.000000486. The molecule has 1 atom stereocenters. The second kappa shape index (κ2) is 13.2. The van der Waals surface area contributed by atoms with Gasteiger partial charge in [-0.2, -0.15) is 18.2 Å². The van der Waals surface area contributed by atoms with E-state index in [2.05, 4.69) is 86.6 Å². The molecule has 0 bridgehead atoms. The van der Waals surface area contributed by atoms with Crippen LogP contribution >= 0.6 is 0 Å². The summed E-state index contributed by atoms with van der Waals surface area (Å²) in [7, 11) is 4.27. The molecule has 0 amide bonds. The summed E-state index contributed by atoms with van der Waals surface area (Å²) in [5, 5.41) is 0. The van der Waals surface area contributed by atoms with E-state index in [4.69, 9.17) is 0 Å². The average molecular weight is 501 g/mol. The molecule has 0 fully saturated rings. The van der Waals surface area contributed by atoms with Crippen molar-refractivity contribution in [3.05, 3.63) is 96.1 Å². The van der Waals surface area contributed by atoms with Crippen LogP contribution < -0.4 is 3.61 Å². The van der Waals surface area contributed by atoms with Crippen LogP contribution in [0.3, 0.4) is 0 Å². The molecule has 3 aromatic rings. The standard InChI is InChI=1S/C18H22NTe.C5H5.Fe/c1-15(19(2)3)17-11-12-18(14-17)20-13-7-10-16-8-5-4-6-9-16;1-2-4-5-3-1;/h4-12,14-15H,13H2,1-3H3;1-5H;/q2*-1;+2/b10-7+;;. The molecule has 3 aromatic carbocycles. The summed E-state index contributed by atoms with van der Waals surface area (Å²) in [6.45, 7) is 2.26. The molecule has 3 heteroatoms. The van der Waals surface area contributed by atoms with Gasteiger partial charge in [-0.05, 0) is 0 Å². The molecule has 0 saturated heterocycles. The van der Waals surface area contributed by atoms with Gasteiger partial charge in [0.1, 0.15) is 0 Å². The maximum atomic E-state index is 2.39. The molecule has 138 valence electrons.